The fourth-order valence-corrected chi connectivity index (χ4v) is 5.01. The van der Waals surface area contributed by atoms with Crippen molar-refractivity contribution in [3.8, 4) is 0 Å². The number of carbonyl (C=O) groups excluding carboxylic acids is 1. The van der Waals surface area contributed by atoms with Crippen LogP contribution < -0.4 is 0 Å². The summed E-state index contributed by atoms with van der Waals surface area (Å²) in [7, 11) is 2.20. The van der Waals surface area contributed by atoms with Gasteiger partial charge in [0.2, 0.25) is 5.91 Å². The lowest BCUT2D eigenvalue weighted by molar-refractivity contribution is -0.132. The lowest BCUT2D eigenvalue weighted by atomic mass is 9.86. The molecule has 26 heavy (non-hydrogen) atoms. The molecule has 1 aromatic heterocycles. The molecule has 0 spiro atoms. The highest BCUT2D eigenvalue weighted by Crippen LogP contribution is 2.30. The number of fused-ring (bicyclic) bond motifs is 1. The maximum Gasteiger partial charge on any atom is 0.222 e. The molecule has 2 aliphatic heterocycles. The number of piperidine rings is 1. The average molecular weight is 360 g/mol. The van der Waals surface area contributed by atoms with Gasteiger partial charge in [-0.05, 0) is 45.2 Å². The Bertz CT molecular complexity index is 622. The zero-order valence-corrected chi connectivity index (χ0v) is 16.2. The second-order valence-corrected chi connectivity index (χ2v) is 8.46. The van der Waals surface area contributed by atoms with Gasteiger partial charge >= 0.3 is 0 Å². The summed E-state index contributed by atoms with van der Waals surface area (Å²) in [6, 6.07) is 0.384. The van der Waals surface area contributed by atoms with E-state index in [2.05, 4.69) is 31.6 Å². The molecule has 0 bridgehead atoms. The molecule has 0 radical (unpaired) electrons. The third-order valence-corrected chi connectivity index (χ3v) is 6.66. The first-order valence-corrected chi connectivity index (χ1v) is 10.6. The van der Waals surface area contributed by atoms with Gasteiger partial charge in [0.25, 0.3) is 0 Å². The van der Waals surface area contributed by atoms with E-state index in [1.54, 1.807) is 0 Å². The Morgan fingerprint density at radius 2 is 1.77 bits per heavy atom. The molecule has 1 saturated carbocycles. The van der Waals surface area contributed by atoms with Gasteiger partial charge in [-0.2, -0.15) is 0 Å². The third kappa shape index (κ3) is 3.80. The van der Waals surface area contributed by atoms with Crippen molar-refractivity contribution in [2.24, 2.45) is 5.92 Å². The standard InChI is InChI=1S/C20H33N5O/c1-23-11-6-5-9-17(23)20-22-21-18-10-12-24(13-14-25(18)20)19(26)15-16-7-3-2-4-8-16/h16-17H,2-15H2,1H3/t17-/m0/s1. The fraction of sp³-hybridized carbons (Fsp3) is 0.850. The van der Waals surface area contributed by atoms with Crippen LogP contribution in [0.5, 0.6) is 0 Å². The second kappa shape index (κ2) is 8.07. The molecular formula is C20H33N5O. The number of hydrogen-bond acceptors (Lipinski definition) is 4. The molecule has 3 heterocycles. The van der Waals surface area contributed by atoms with Crippen LogP contribution >= 0.6 is 0 Å². The molecule has 0 unspecified atom stereocenters. The van der Waals surface area contributed by atoms with Gasteiger partial charge in [-0.25, -0.2) is 0 Å². The van der Waals surface area contributed by atoms with Crippen LogP contribution in [0.25, 0.3) is 0 Å². The zero-order valence-electron chi connectivity index (χ0n) is 16.2. The molecule has 1 aliphatic carbocycles. The van der Waals surface area contributed by atoms with Crippen LogP contribution in [0, 0.1) is 5.92 Å². The monoisotopic (exact) mass is 359 g/mol. The summed E-state index contributed by atoms with van der Waals surface area (Å²) < 4.78 is 2.31. The molecule has 1 amide bonds. The normalized spacial score (nSPS) is 25.7. The smallest absolute Gasteiger partial charge is 0.222 e. The van der Waals surface area contributed by atoms with Gasteiger partial charge < -0.3 is 9.47 Å². The maximum absolute atomic E-state index is 12.8. The van der Waals surface area contributed by atoms with E-state index < -0.39 is 0 Å². The summed E-state index contributed by atoms with van der Waals surface area (Å²) in [5.41, 5.74) is 0. The summed E-state index contributed by atoms with van der Waals surface area (Å²) in [5, 5.41) is 9.03. The van der Waals surface area contributed by atoms with E-state index >= 15 is 0 Å². The molecule has 6 heteroatoms. The predicted octanol–water partition coefficient (Wildman–Crippen LogP) is 2.79. The van der Waals surface area contributed by atoms with E-state index in [0.29, 0.717) is 17.9 Å². The molecular weight excluding hydrogens is 326 g/mol. The number of carbonyl (C=O) groups is 1. The van der Waals surface area contributed by atoms with E-state index in [1.807, 2.05) is 0 Å². The van der Waals surface area contributed by atoms with E-state index in [0.717, 1.165) is 50.7 Å². The molecule has 1 aromatic rings. The summed E-state index contributed by atoms with van der Waals surface area (Å²) in [6.07, 6.45) is 11.7. The minimum atomic E-state index is 0.354. The highest BCUT2D eigenvalue weighted by atomic mass is 16.2. The second-order valence-electron chi connectivity index (χ2n) is 8.46. The molecule has 1 saturated heterocycles. The zero-order chi connectivity index (χ0) is 17.9. The van der Waals surface area contributed by atoms with Crippen molar-refractivity contribution >= 4 is 5.91 Å². The van der Waals surface area contributed by atoms with Crippen molar-refractivity contribution in [2.75, 3.05) is 26.7 Å². The molecule has 0 aromatic carbocycles. The van der Waals surface area contributed by atoms with Gasteiger partial charge in [0.15, 0.2) is 0 Å². The van der Waals surface area contributed by atoms with Crippen molar-refractivity contribution in [1.29, 1.82) is 0 Å². The Morgan fingerprint density at radius 1 is 0.962 bits per heavy atom. The molecule has 0 N–H and O–H groups in total. The summed E-state index contributed by atoms with van der Waals surface area (Å²) in [6.45, 7) is 3.58. The summed E-state index contributed by atoms with van der Waals surface area (Å²) >= 11 is 0. The number of hydrogen-bond donors (Lipinski definition) is 0. The Morgan fingerprint density at radius 3 is 2.58 bits per heavy atom. The third-order valence-electron chi connectivity index (χ3n) is 6.66. The van der Waals surface area contributed by atoms with Crippen LogP contribution in [0.2, 0.25) is 0 Å². The van der Waals surface area contributed by atoms with Gasteiger partial charge in [0.1, 0.15) is 11.6 Å². The minimum Gasteiger partial charge on any atom is -0.340 e. The van der Waals surface area contributed by atoms with E-state index in [-0.39, 0.29) is 0 Å². The Balaban J connectivity index is 1.40. The van der Waals surface area contributed by atoms with Gasteiger partial charge in [-0.15, -0.1) is 10.2 Å². The van der Waals surface area contributed by atoms with Gasteiger partial charge in [0, 0.05) is 32.5 Å². The van der Waals surface area contributed by atoms with Crippen LogP contribution in [-0.2, 0) is 17.8 Å². The van der Waals surface area contributed by atoms with Crippen molar-refractivity contribution in [2.45, 2.75) is 76.8 Å². The lowest BCUT2D eigenvalue weighted by Gasteiger charge is -2.32. The molecule has 3 aliphatic rings. The van der Waals surface area contributed by atoms with E-state index in [4.69, 9.17) is 0 Å². The number of rotatable bonds is 3. The fourth-order valence-electron chi connectivity index (χ4n) is 5.01. The Hall–Kier alpha value is -1.43. The summed E-state index contributed by atoms with van der Waals surface area (Å²) in [4.78, 5) is 17.3. The lowest BCUT2D eigenvalue weighted by Crippen LogP contribution is -2.35. The molecule has 4 rings (SSSR count). The molecule has 6 nitrogen and oxygen atoms in total. The Kier molecular flexibility index (Phi) is 5.57. The number of likely N-dealkylation sites (tertiary alicyclic amines) is 1. The summed E-state index contributed by atoms with van der Waals surface area (Å²) in [5.74, 6) is 3.15. The van der Waals surface area contributed by atoms with Crippen LogP contribution in [0.1, 0.15) is 75.5 Å². The largest absolute Gasteiger partial charge is 0.340 e. The van der Waals surface area contributed by atoms with Gasteiger partial charge in [-0.1, -0.05) is 25.7 Å². The highest BCUT2D eigenvalue weighted by Gasteiger charge is 2.29. The quantitative estimate of drug-likeness (QED) is 0.833. The first-order valence-electron chi connectivity index (χ1n) is 10.6. The Labute approximate surface area is 156 Å². The van der Waals surface area contributed by atoms with Gasteiger partial charge in [-0.3, -0.25) is 9.69 Å². The number of amides is 1. The van der Waals surface area contributed by atoms with Gasteiger partial charge in [0.05, 0.1) is 6.04 Å². The molecule has 2 fully saturated rings. The van der Waals surface area contributed by atoms with Crippen LogP contribution in [0.15, 0.2) is 0 Å². The van der Waals surface area contributed by atoms with Crippen molar-refractivity contribution in [3.05, 3.63) is 11.6 Å². The van der Waals surface area contributed by atoms with Crippen molar-refractivity contribution in [1.82, 2.24) is 24.6 Å². The van der Waals surface area contributed by atoms with E-state index in [1.165, 1.54) is 51.4 Å². The van der Waals surface area contributed by atoms with Crippen LogP contribution in [0.3, 0.4) is 0 Å². The number of nitrogens with zero attached hydrogens (tertiary/aromatic N) is 5. The predicted molar refractivity (Wildman–Crippen MR) is 101 cm³/mol. The maximum atomic E-state index is 12.8. The first kappa shape index (κ1) is 18.0. The number of aromatic nitrogens is 3. The first-order chi connectivity index (χ1) is 12.7. The molecule has 144 valence electrons. The average Bonchev–Trinajstić information content (AvgIpc) is 2.93. The van der Waals surface area contributed by atoms with Crippen LogP contribution in [-0.4, -0.2) is 57.2 Å². The minimum absolute atomic E-state index is 0.354. The van der Waals surface area contributed by atoms with Crippen molar-refractivity contribution in [3.63, 3.8) is 0 Å². The molecule has 1 atom stereocenters. The highest BCUT2D eigenvalue weighted by molar-refractivity contribution is 5.76. The van der Waals surface area contributed by atoms with Crippen LogP contribution in [0.4, 0.5) is 0 Å². The SMILES string of the molecule is CN1CCCC[C@H]1c1nnc2n1CCN(C(=O)CC1CCCCC1)CC2. The topological polar surface area (TPSA) is 54.3 Å². The van der Waals surface area contributed by atoms with E-state index in [9.17, 15) is 4.79 Å². The van der Waals surface area contributed by atoms with Crippen molar-refractivity contribution < 1.29 is 4.79 Å².